The number of hydrogen-bond acceptors (Lipinski definition) is 6. The minimum absolute atomic E-state index is 0.000441. The lowest BCUT2D eigenvalue weighted by molar-refractivity contribution is -0.275. The van der Waals surface area contributed by atoms with Crippen LogP contribution in [0, 0.1) is 0 Å². The van der Waals surface area contributed by atoms with Crippen molar-refractivity contribution in [3.05, 3.63) is 95.6 Å². The Morgan fingerprint density at radius 1 is 0.711 bits per heavy atom. The smallest absolute Gasteiger partial charge is 0.462 e. The van der Waals surface area contributed by atoms with Gasteiger partial charge in [0.15, 0.2) is 0 Å². The van der Waals surface area contributed by atoms with Crippen LogP contribution in [0.15, 0.2) is 78.9 Å². The lowest BCUT2D eigenvalue weighted by Gasteiger charge is -2.39. The summed E-state index contributed by atoms with van der Waals surface area (Å²) in [4.78, 5) is 14.8. The molecule has 1 unspecified atom stereocenters. The molecular formula is C26H19F6NO5. The molecule has 0 aliphatic carbocycles. The second-order valence-electron chi connectivity index (χ2n) is 8.59. The molecule has 0 saturated carbocycles. The Hall–Kier alpha value is -3.77. The molecule has 2 fully saturated rings. The average Bonchev–Trinajstić information content (AvgIpc) is 3.25. The summed E-state index contributed by atoms with van der Waals surface area (Å²) >= 11 is 0. The predicted molar refractivity (Wildman–Crippen MR) is 119 cm³/mol. The molecule has 2 aliphatic rings. The number of esters is 1. The zero-order valence-corrected chi connectivity index (χ0v) is 19.3. The maximum atomic E-state index is 13.0. The summed E-state index contributed by atoms with van der Waals surface area (Å²) in [6.07, 6.45) is -11.6. The van der Waals surface area contributed by atoms with Crippen molar-refractivity contribution in [2.45, 2.75) is 37.1 Å². The van der Waals surface area contributed by atoms with E-state index in [2.05, 4.69) is 9.47 Å². The van der Waals surface area contributed by atoms with Crippen molar-refractivity contribution >= 4 is 5.97 Å². The molecule has 2 aliphatic heterocycles. The monoisotopic (exact) mass is 539 g/mol. The summed E-state index contributed by atoms with van der Waals surface area (Å²) in [6.45, 7) is -0.000441. The quantitative estimate of drug-likeness (QED) is 0.284. The third-order valence-corrected chi connectivity index (χ3v) is 6.16. The van der Waals surface area contributed by atoms with Crippen LogP contribution in [0.2, 0.25) is 0 Å². The number of carbonyl (C=O) groups excluding carboxylic acids is 1. The van der Waals surface area contributed by atoms with E-state index in [4.69, 9.17) is 9.47 Å². The molecule has 0 aromatic heterocycles. The number of rotatable bonds is 5. The number of carbonyl (C=O) groups is 1. The highest BCUT2D eigenvalue weighted by Crippen LogP contribution is 2.49. The summed E-state index contributed by atoms with van der Waals surface area (Å²) in [5.74, 6) is -1.47. The highest BCUT2D eigenvalue weighted by molar-refractivity contribution is 5.78. The fraction of sp³-hybridized carbons (Fsp3) is 0.269. The van der Waals surface area contributed by atoms with E-state index in [1.54, 1.807) is 4.90 Å². The van der Waals surface area contributed by atoms with E-state index >= 15 is 0 Å². The first-order chi connectivity index (χ1) is 18.0. The van der Waals surface area contributed by atoms with Crippen LogP contribution in [0.5, 0.6) is 11.5 Å². The molecule has 3 aromatic carbocycles. The summed E-state index contributed by atoms with van der Waals surface area (Å²) in [5.41, 5.74) is 1.64. The SMILES string of the molecule is O=C1OC[C@H](c2ccccc2)N2C1[C@@H](c1ccc(OC(F)(F)F)cc1)O[C@H]2c1ccc(OC(F)(F)F)cc1. The number of cyclic esters (lactones) is 1. The van der Waals surface area contributed by atoms with Crippen LogP contribution in [0.1, 0.15) is 35.1 Å². The molecule has 0 spiro atoms. The van der Waals surface area contributed by atoms with Crippen molar-refractivity contribution in [1.29, 1.82) is 0 Å². The predicted octanol–water partition coefficient (Wildman–Crippen LogP) is 6.22. The molecule has 4 atom stereocenters. The molecule has 0 amide bonds. The Balaban J connectivity index is 1.51. The Morgan fingerprint density at radius 3 is 1.76 bits per heavy atom. The minimum atomic E-state index is -4.87. The van der Waals surface area contributed by atoms with Crippen molar-refractivity contribution < 1.29 is 50.1 Å². The Labute approximate surface area is 212 Å². The summed E-state index contributed by atoms with van der Waals surface area (Å²) < 4.78 is 95.3. The highest BCUT2D eigenvalue weighted by atomic mass is 19.4. The van der Waals surface area contributed by atoms with Crippen molar-refractivity contribution in [3.63, 3.8) is 0 Å². The van der Waals surface area contributed by atoms with Gasteiger partial charge in [0.05, 0.1) is 6.04 Å². The normalized spacial score (nSPS) is 24.0. The molecule has 2 saturated heterocycles. The van der Waals surface area contributed by atoms with E-state index in [1.807, 2.05) is 30.3 Å². The van der Waals surface area contributed by atoms with Crippen LogP contribution in [0.4, 0.5) is 26.3 Å². The number of nitrogens with zero attached hydrogens (tertiary/aromatic N) is 1. The second-order valence-corrected chi connectivity index (χ2v) is 8.59. The van der Waals surface area contributed by atoms with E-state index in [-0.39, 0.29) is 6.61 Å². The first-order valence-corrected chi connectivity index (χ1v) is 11.3. The average molecular weight is 539 g/mol. The van der Waals surface area contributed by atoms with Crippen LogP contribution in [-0.2, 0) is 14.3 Å². The van der Waals surface area contributed by atoms with E-state index < -0.39 is 54.6 Å². The fourth-order valence-corrected chi connectivity index (χ4v) is 4.67. The molecule has 12 heteroatoms. The Bertz CT molecular complexity index is 1260. The lowest BCUT2D eigenvalue weighted by atomic mass is 9.96. The van der Waals surface area contributed by atoms with Crippen molar-refractivity contribution in [3.8, 4) is 11.5 Å². The molecule has 0 bridgehead atoms. The van der Waals surface area contributed by atoms with Crippen LogP contribution in [0.3, 0.4) is 0 Å². The molecular weight excluding hydrogens is 520 g/mol. The molecule has 3 aromatic rings. The maximum Gasteiger partial charge on any atom is 0.573 e. The molecule has 0 N–H and O–H groups in total. The van der Waals surface area contributed by atoms with E-state index in [0.29, 0.717) is 11.1 Å². The lowest BCUT2D eigenvalue weighted by Crippen LogP contribution is -2.49. The third-order valence-electron chi connectivity index (χ3n) is 6.16. The van der Waals surface area contributed by atoms with Gasteiger partial charge in [0.1, 0.15) is 36.5 Å². The van der Waals surface area contributed by atoms with E-state index in [1.165, 1.54) is 24.3 Å². The van der Waals surface area contributed by atoms with Crippen molar-refractivity contribution in [2.75, 3.05) is 6.61 Å². The van der Waals surface area contributed by atoms with Gasteiger partial charge in [-0.15, -0.1) is 26.3 Å². The van der Waals surface area contributed by atoms with Gasteiger partial charge < -0.3 is 18.9 Å². The summed E-state index contributed by atoms with van der Waals surface area (Å²) in [6, 6.07) is 17.7. The number of morpholine rings is 1. The standard InChI is InChI=1S/C26H19F6NO5/c27-25(28,29)37-18-10-6-16(7-11-18)22-21-24(34)35-14-20(15-4-2-1-3-5-15)33(21)23(36-22)17-8-12-19(13-9-17)38-26(30,31)32/h1-13,20-23H,14H2/t20-,21?,22-,23+/m1/s1. The number of alkyl halides is 6. The molecule has 200 valence electrons. The van der Waals surface area contributed by atoms with Gasteiger partial charge in [0.2, 0.25) is 0 Å². The van der Waals surface area contributed by atoms with Gasteiger partial charge in [-0.25, -0.2) is 4.90 Å². The van der Waals surface area contributed by atoms with Crippen LogP contribution < -0.4 is 9.47 Å². The van der Waals surface area contributed by atoms with Gasteiger partial charge in [0.25, 0.3) is 0 Å². The Morgan fingerprint density at radius 2 is 1.24 bits per heavy atom. The van der Waals surface area contributed by atoms with Gasteiger partial charge in [-0.05, 0) is 41.0 Å². The summed E-state index contributed by atoms with van der Waals surface area (Å²) in [5, 5.41) is 0. The number of hydrogen-bond donors (Lipinski definition) is 0. The van der Waals surface area contributed by atoms with Gasteiger partial charge >= 0.3 is 18.7 Å². The molecule has 0 radical (unpaired) electrons. The van der Waals surface area contributed by atoms with Crippen molar-refractivity contribution in [1.82, 2.24) is 4.90 Å². The maximum absolute atomic E-state index is 13.0. The van der Waals surface area contributed by atoms with Crippen LogP contribution >= 0.6 is 0 Å². The fourth-order valence-electron chi connectivity index (χ4n) is 4.67. The number of benzene rings is 3. The topological polar surface area (TPSA) is 57.2 Å². The van der Waals surface area contributed by atoms with Crippen molar-refractivity contribution in [2.24, 2.45) is 0 Å². The molecule has 6 nitrogen and oxygen atoms in total. The van der Waals surface area contributed by atoms with E-state index in [9.17, 15) is 31.1 Å². The van der Waals surface area contributed by atoms with Crippen LogP contribution in [-0.4, -0.2) is 36.2 Å². The number of ether oxygens (including phenoxy) is 4. The summed E-state index contributed by atoms with van der Waals surface area (Å²) in [7, 11) is 0. The van der Waals surface area contributed by atoms with E-state index in [0.717, 1.165) is 29.8 Å². The highest BCUT2D eigenvalue weighted by Gasteiger charge is 2.54. The number of fused-ring (bicyclic) bond motifs is 1. The molecule has 38 heavy (non-hydrogen) atoms. The first-order valence-electron chi connectivity index (χ1n) is 11.3. The zero-order chi connectivity index (χ0) is 27.1. The largest absolute Gasteiger partial charge is 0.573 e. The van der Waals surface area contributed by atoms with Gasteiger partial charge in [0, 0.05) is 0 Å². The molecule has 5 rings (SSSR count). The zero-order valence-electron chi connectivity index (χ0n) is 19.3. The molecule has 2 heterocycles. The second kappa shape index (κ2) is 9.84. The van der Waals surface area contributed by atoms with Gasteiger partial charge in [-0.2, -0.15) is 0 Å². The van der Waals surface area contributed by atoms with Crippen LogP contribution in [0.25, 0.3) is 0 Å². The third kappa shape index (κ3) is 5.55. The minimum Gasteiger partial charge on any atom is -0.462 e. The Kier molecular flexibility index (Phi) is 6.70. The number of halogens is 6. The van der Waals surface area contributed by atoms with Gasteiger partial charge in [-0.1, -0.05) is 54.6 Å². The first kappa shape index (κ1) is 25.9. The van der Waals surface area contributed by atoms with Gasteiger partial charge in [-0.3, -0.25) is 4.79 Å².